The molecule has 0 aromatic heterocycles. The molecular weight excluding hydrogens is 294 g/mol. The Morgan fingerprint density at radius 3 is 2.36 bits per heavy atom. The van der Waals surface area contributed by atoms with E-state index in [1.165, 1.54) is 12.0 Å². The van der Waals surface area contributed by atoms with Crippen molar-refractivity contribution in [3.63, 3.8) is 0 Å². The Bertz CT molecular complexity index is 522. The molecule has 1 aromatic rings. The van der Waals surface area contributed by atoms with Gasteiger partial charge in [-0.25, -0.2) is 0 Å². The largest absolute Gasteiger partial charge is 0.384 e. The van der Waals surface area contributed by atoms with Gasteiger partial charge in [-0.15, -0.1) is 12.4 Å². The Kier molecular flexibility index (Phi) is 6.90. The lowest BCUT2D eigenvalue weighted by molar-refractivity contribution is 0.224. The van der Waals surface area contributed by atoms with Crippen molar-refractivity contribution in [2.45, 2.75) is 57.8 Å². The predicted octanol–water partition coefficient (Wildman–Crippen LogP) is 4.75. The van der Waals surface area contributed by atoms with Crippen LogP contribution in [0.25, 0.3) is 0 Å². The van der Waals surface area contributed by atoms with Gasteiger partial charge in [0.05, 0.1) is 11.5 Å². The summed E-state index contributed by atoms with van der Waals surface area (Å²) in [4.78, 5) is 0. The Hall–Kier alpha value is -1.53. The molecule has 0 aliphatic heterocycles. The number of nitrogens with one attached hydrogen (secondary N) is 1. The molecule has 120 valence electrons. The number of benzene rings is 1. The highest BCUT2D eigenvalue weighted by atomic mass is 35.5. The lowest BCUT2D eigenvalue weighted by Crippen LogP contribution is -2.25. The van der Waals surface area contributed by atoms with Gasteiger partial charge in [-0.2, -0.15) is 5.26 Å². The number of hydrogen-bond acceptors (Lipinski definition) is 2. The van der Waals surface area contributed by atoms with Gasteiger partial charge in [0.1, 0.15) is 5.84 Å². The average Bonchev–Trinajstić information content (AvgIpc) is 2.53. The van der Waals surface area contributed by atoms with E-state index in [1.54, 1.807) is 0 Å². The summed E-state index contributed by atoms with van der Waals surface area (Å²) in [6.07, 6.45) is 7.60. The highest BCUT2D eigenvalue weighted by molar-refractivity contribution is 5.94. The zero-order valence-corrected chi connectivity index (χ0v) is 14.1. The molecule has 3 N–H and O–H groups in total. The van der Waals surface area contributed by atoms with E-state index in [0.717, 1.165) is 44.1 Å². The molecule has 0 spiro atoms. The molecule has 0 atom stereocenters. The summed E-state index contributed by atoms with van der Waals surface area (Å²) in [6.45, 7) is 2.19. The van der Waals surface area contributed by atoms with Crippen molar-refractivity contribution in [3.05, 3.63) is 35.4 Å². The SMILES string of the molecule is CCCCC1(C#N)CCC(c2ccc(C(=N)N)cc2)CC1.Cl. The van der Waals surface area contributed by atoms with E-state index in [2.05, 4.69) is 25.1 Å². The second kappa shape index (κ2) is 8.19. The minimum atomic E-state index is -0.0775. The first kappa shape index (κ1) is 18.5. The van der Waals surface area contributed by atoms with Gasteiger partial charge in [0.25, 0.3) is 0 Å². The minimum Gasteiger partial charge on any atom is -0.384 e. The third-order valence-corrected chi connectivity index (χ3v) is 4.88. The topological polar surface area (TPSA) is 73.7 Å². The van der Waals surface area contributed by atoms with Gasteiger partial charge < -0.3 is 5.73 Å². The fraction of sp³-hybridized carbons (Fsp3) is 0.556. The van der Waals surface area contributed by atoms with Crippen molar-refractivity contribution in [1.82, 2.24) is 0 Å². The fourth-order valence-electron chi connectivity index (χ4n) is 3.37. The van der Waals surface area contributed by atoms with Crippen LogP contribution in [-0.2, 0) is 0 Å². The third kappa shape index (κ3) is 4.24. The molecule has 0 bridgehead atoms. The van der Waals surface area contributed by atoms with Crippen molar-refractivity contribution >= 4 is 18.2 Å². The maximum atomic E-state index is 9.53. The second-order valence-corrected chi connectivity index (χ2v) is 6.31. The van der Waals surface area contributed by atoms with Crippen molar-refractivity contribution < 1.29 is 0 Å². The van der Waals surface area contributed by atoms with Gasteiger partial charge in [0.15, 0.2) is 0 Å². The summed E-state index contributed by atoms with van der Waals surface area (Å²) < 4.78 is 0. The minimum absolute atomic E-state index is 0. The van der Waals surface area contributed by atoms with Gasteiger partial charge in [-0.3, -0.25) is 5.41 Å². The standard InChI is InChI=1S/C18H25N3.ClH/c1-2-3-10-18(13-19)11-8-15(9-12-18)14-4-6-16(7-5-14)17(20)21;/h4-7,15H,2-3,8-12H2,1H3,(H3,20,21);1H. The number of rotatable bonds is 5. The molecule has 1 aliphatic rings. The van der Waals surface area contributed by atoms with Crippen LogP contribution in [0.3, 0.4) is 0 Å². The van der Waals surface area contributed by atoms with Gasteiger partial charge in [0, 0.05) is 5.56 Å². The van der Waals surface area contributed by atoms with E-state index in [0.29, 0.717) is 5.92 Å². The molecule has 1 aliphatic carbocycles. The van der Waals surface area contributed by atoms with Crippen molar-refractivity contribution in [3.8, 4) is 6.07 Å². The monoisotopic (exact) mass is 319 g/mol. The van der Waals surface area contributed by atoms with Gasteiger partial charge in [0.2, 0.25) is 0 Å². The zero-order chi connectivity index (χ0) is 15.3. The van der Waals surface area contributed by atoms with E-state index < -0.39 is 0 Å². The fourth-order valence-corrected chi connectivity index (χ4v) is 3.37. The maximum absolute atomic E-state index is 9.53. The summed E-state index contributed by atoms with van der Waals surface area (Å²) >= 11 is 0. The lowest BCUT2D eigenvalue weighted by atomic mass is 9.67. The molecule has 1 fully saturated rings. The van der Waals surface area contributed by atoms with Crippen LogP contribution in [0.1, 0.15) is 68.9 Å². The summed E-state index contributed by atoms with van der Waals surface area (Å²) in [5.74, 6) is 0.669. The van der Waals surface area contributed by atoms with Crippen LogP contribution in [0.5, 0.6) is 0 Å². The van der Waals surface area contributed by atoms with Crippen molar-refractivity contribution in [1.29, 1.82) is 10.7 Å². The van der Waals surface area contributed by atoms with Crippen LogP contribution >= 0.6 is 12.4 Å². The van der Waals surface area contributed by atoms with E-state index in [4.69, 9.17) is 11.1 Å². The number of hydrogen-bond donors (Lipinski definition) is 2. The Morgan fingerprint density at radius 1 is 1.32 bits per heavy atom. The Labute approximate surface area is 139 Å². The number of unbranched alkanes of at least 4 members (excludes halogenated alkanes) is 1. The van der Waals surface area contributed by atoms with E-state index in [1.807, 2.05) is 12.1 Å². The molecule has 1 saturated carbocycles. The molecule has 0 saturated heterocycles. The van der Waals surface area contributed by atoms with Crippen LogP contribution in [0.15, 0.2) is 24.3 Å². The molecule has 0 unspecified atom stereocenters. The normalized spacial score (nSPS) is 24.1. The molecule has 0 heterocycles. The van der Waals surface area contributed by atoms with Crippen LogP contribution in [0.4, 0.5) is 0 Å². The van der Waals surface area contributed by atoms with E-state index >= 15 is 0 Å². The maximum Gasteiger partial charge on any atom is 0.122 e. The average molecular weight is 320 g/mol. The zero-order valence-electron chi connectivity index (χ0n) is 13.3. The third-order valence-electron chi connectivity index (χ3n) is 4.88. The summed E-state index contributed by atoms with van der Waals surface area (Å²) in [5, 5.41) is 17.0. The first-order chi connectivity index (χ1) is 10.1. The number of halogens is 1. The molecule has 2 rings (SSSR count). The van der Waals surface area contributed by atoms with Crippen LogP contribution in [0.2, 0.25) is 0 Å². The molecule has 4 heteroatoms. The first-order valence-electron chi connectivity index (χ1n) is 7.96. The van der Waals surface area contributed by atoms with Gasteiger partial charge >= 0.3 is 0 Å². The lowest BCUT2D eigenvalue weighted by Gasteiger charge is -2.35. The molecule has 0 amide bonds. The first-order valence-corrected chi connectivity index (χ1v) is 7.96. The van der Waals surface area contributed by atoms with Crippen molar-refractivity contribution in [2.24, 2.45) is 11.1 Å². The van der Waals surface area contributed by atoms with Crippen LogP contribution in [-0.4, -0.2) is 5.84 Å². The second-order valence-electron chi connectivity index (χ2n) is 6.31. The molecule has 1 aromatic carbocycles. The number of nitrogen functional groups attached to an aromatic ring is 1. The number of nitriles is 1. The quantitative estimate of drug-likeness (QED) is 0.607. The summed E-state index contributed by atoms with van der Waals surface area (Å²) in [5.41, 5.74) is 7.51. The van der Waals surface area contributed by atoms with Gasteiger partial charge in [-0.05, 0) is 43.6 Å². The van der Waals surface area contributed by atoms with Crippen molar-refractivity contribution in [2.75, 3.05) is 0 Å². The number of nitrogens with zero attached hydrogens (tertiary/aromatic N) is 1. The van der Waals surface area contributed by atoms with Crippen LogP contribution < -0.4 is 5.73 Å². The highest BCUT2D eigenvalue weighted by Crippen LogP contribution is 2.45. The van der Waals surface area contributed by atoms with E-state index in [9.17, 15) is 5.26 Å². The smallest absolute Gasteiger partial charge is 0.122 e. The number of amidine groups is 1. The predicted molar refractivity (Wildman–Crippen MR) is 93.5 cm³/mol. The summed E-state index contributed by atoms with van der Waals surface area (Å²) in [6, 6.07) is 10.6. The number of nitrogens with two attached hydrogens (primary N) is 1. The van der Waals surface area contributed by atoms with E-state index in [-0.39, 0.29) is 23.7 Å². The van der Waals surface area contributed by atoms with Gasteiger partial charge in [-0.1, -0.05) is 44.0 Å². The molecule has 0 radical (unpaired) electrons. The molecule has 3 nitrogen and oxygen atoms in total. The summed E-state index contributed by atoms with van der Waals surface area (Å²) in [7, 11) is 0. The molecular formula is C18H26ClN3. The molecule has 22 heavy (non-hydrogen) atoms. The van der Waals surface area contributed by atoms with Crippen LogP contribution in [0, 0.1) is 22.2 Å². The Balaban J connectivity index is 0.00000242. The highest BCUT2D eigenvalue weighted by Gasteiger charge is 2.35. The Morgan fingerprint density at radius 2 is 1.91 bits per heavy atom.